The normalized spacial score (nSPS) is 10.8. The zero-order valence-electron chi connectivity index (χ0n) is 11.2. The summed E-state index contributed by atoms with van der Waals surface area (Å²) in [6, 6.07) is 8.20. The van der Waals surface area contributed by atoms with Crippen molar-refractivity contribution in [1.82, 2.24) is 10.2 Å². The van der Waals surface area contributed by atoms with E-state index in [4.69, 9.17) is 4.74 Å². The van der Waals surface area contributed by atoms with E-state index in [0.717, 1.165) is 38.5 Å². The van der Waals surface area contributed by atoms with Crippen molar-refractivity contribution >= 4 is 0 Å². The number of hydrogen-bond donors (Lipinski definition) is 1. The summed E-state index contributed by atoms with van der Waals surface area (Å²) in [5.74, 6) is 0.994. The molecule has 17 heavy (non-hydrogen) atoms. The fraction of sp³-hybridized carbons (Fsp3) is 0.571. The van der Waals surface area contributed by atoms with Gasteiger partial charge in [-0.15, -0.1) is 0 Å². The molecule has 0 atom stereocenters. The van der Waals surface area contributed by atoms with Crippen LogP contribution in [-0.4, -0.2) is 38.2 Å². The van der Waals surface area contributed by atoms with Crippen molar-refractivity contribution in [3.05, 3.63) is 29.8 Å². The minimum absolute atomic E-state index is 0.752. The van der Waals surface area contributed by atoms with Gasteiger partial charge in [-0.05, 0) is 26.2 Å². The lowest BCUT2D eigenvalue weighted by atomic mass is 10.2. The molecular weight excluding hydrogens is 212 g/mol. The zero-order valence-corrected chi connectivity index (χ0v) is 11.2. The summed E-state index contributed by atoms with van der Waals surface area (Å²) in [5.41, 5.74) is 1.22. The van der Waals surface area contributed by atoms with E-state index in [0.29, 0.717) is 0 Å². The lowest BCUT2D eigenvalue weighted by Crippen LogP contribution is -2.28. The Kier molecular flexibility index (Phi) is 6.67. The molecule has 0 saturated carbocycles. The molecule has 1 aromatic carbocycles. The largest absolute Gasteiger partial charge is 0.492 e. The molecule has 0 aromatic heterocycles. The number of likely N-dealkylation sites (N-methyl/N-ethyl adjacent to an activating group) is 1. The average molecular weight is 236 g/mol. The minimum Gasteiger partial charge on any atom is -0.492 e. The molecule has 0 aliphatic rings. The second kappa shape index (κ2) is 8.09. The summed E-state index contributed by atoms with van der Waals surface area (Å²) in [6.07, 6.45) is 0. The van der Waals surface area contributed by atoms with Gasteiger partial charge in [0.2, 0.25) is 0 Å². The van der Waals surface area contributed by atoms with Gasteiger partial charge in [0.15, 0.2) is 0 Å². The van der Waals surface area contributed by atoms with Gasteiger partial charge in [0.05, 0.1) is 0 Å². The van der Waals surface area contributed by atoms with Crippen LogP contribution in [0.1, 0.15) is 19.4 Å². The third kappa shape index (κ3) is 4.75. The number of nitrogens with one attached hydrogen (secondary N) is 1. The molecule has 0 saturated heterocycles. The van der Waals surface area contributed by atoms with Gasteiger partial charge >= 0.3 is 0 Å². The minimum atomic E-state index is 0.752. The van der Waals surface area contributed by atoms with Gasteiger partial charge in [-0.3, -0.25) is 0 Å². The summed E-state index contributed by atoms with van der Waals surface area (Å²) in [7, 11) is 1.95. The van der Waals surface area contributed by atoms with Gasteiger partial charge in [-0.2, -0.15) is 0 Å². The van der Waals surface area contributed by atoms with Gasteiger partial charge in [0, 0.05) is 18.7 Å². The van der Waals surface area contributed by atoms with Crippen molar-refractivity contribution in [2.45, 2.75) is 20.4 Å². The average Bonchev–Trinajstić information content (AvgIpc) is 2.37. The molecule has 0 radical (unpaired) electrons. The summed E-state index contributed by atoms with van der Waals surface area (Å²) < 4.78 is 5.84. The Morgan fingerprint density at radius 2 is 1.88 bits per heavy atom. The second-order valence-electron chi connectivity index (χ2n) is 4.01. The van der Waals surface area contributed by atoms with E-state index in [1.807, 2.05) is 25.2 Å². The van der Waals surface area contributed by atoms with Crippen LogP contribution in [-0.2, 0) is 6.54 Å². The highest BCUT2D eigenvalue weighted by molar-refractivity contribution is 5.33. The van der Waals surface area contributed by atoms with Crippen molar-refractivity contribution in [2.75, 3.05) is 33.3 Å². The molecule has 0 amide bonds. The summed E-state index contributed by atoms with van der Waals surface area (Å²) >= 11 is 0. The van der Waals surface area contributed by atoms with Crippen LogP contribution in [0.3, 0.4) is 0 Å². The number of para-hydroxylation sites is 1. The lowest BCUT2D eigenvalue weighted by molar-refractivity contribution is 0.221. The smallest absolute Gasteiger partial charge is 0.123 e. The first kappa shape index (κ1) is 14.0. The van der Waals surface area contributed by atoms with Crippen LogP contribution >= 0.6 is 0 Å². The van der Waals surface area contributed by atoms with E-state index in [1.165, 1.54) is 5.56 Å². The van der Waals surface area contributed by atoms with E-state index in [1.54, 1.807) is 0 Å². The highest BCUT2D eigenvalue weighted by atomic mass is 16.5. The van der Waals surface area contributed by atoms with Crippen molar-refractivity contribution < 1.29 is 4.74 Å². The van der Waals surface area contributed by atoms with Crippen LogP contribution in [0.5, 0.6) is 5.75 Å². The molecule has 96 valence electrons. The molecular formula is C14H24N2O. The van der Waals surface area contributed by atoms with Gasteiger partial charge in [-0.25, -0.2) is 0 Å². The first-order valence-corrected chi connectivity index (χ1v) is 6.39. The molecule has 0 heterocycles. The van der Waals surface area contributed by atoms with E-state index < -0.39 is 0 Å². The molecule has 3 heteroatoms. The van der Waals surface area contributed by atoms with Crippen LogP contribution in [0.15, 0.2) is 24.3 Å². The Morgan fingerprint density at radius 1 is 1.18 bits per heavy atom. The molecule has 1 rings (SSSR count). The molecule has 1 N–H and O–H groups in total. The Hall–Kier alpha value is -1.06. The predicted octanol–water partition coefficient (Wildman–Crippen LogP) is 2.13. The van der Waals surface area contributed by atoms with E-state index in [2.05, 4.69) is 30.1 Å². The van der Waals surface area contributed by atoms with Crippen LogP contribution in [0.2, 0.25) is 0 Å². The van der Waals surface area contributed by atoms with Gasteiger partial charge in [0.1, 0.15) is 12.4 Å². The second-order valence-corrected chi connectivity index (χ2v) is 4.01. The lowest BCUT2D eigenvalue weighted by Gasteiger charge is -2.18. The number of ether oxygens (including phenoxy) is 1. The van der Waals surface area contributed by atoms with Crippen LogP contribution in [0.4, 0.5) is 0 Å². The predicted molar refractivity (Wildman–Crippen MR) is 72.5 cm³/mol. The molecule has 1 aromatic rings. The Labute approximate surface area is 105 Å². The van der Waals surface area contributed by atoms with Crippen molar-refractivity contribution in [3.8, 4) is 5.75 Å². The number of nitrogens with zero attached hydrogens (tertiary/aromatic N) is 1. The third-order valence-corrected chi connectivity index (χ3v) is 2.90. The highest BCUT2D eigenvalue weighted by Crippen LogP contribution is 2.17. The van der Waals surface area contributed by atoms with Crippen molar-refractivity contribution in [3.63, 3.8) is 0 Å². The molecule has 0 aliphatic heterocycles. The third-order valence-electron chi connectivity index (χ3n) is 2.90. The van der Waals surface area contributed by atoms with Gasteiger partial charge in [-0.1, -0.05) is 32.0 Å². The first-order chi connectivity index (χ1) is 8.31. The van der Waals surface area contributed by atoms with Gasteiger partial charge < -0.3 is 15.0 Å². The van der Waals surface area contributed by atoms with E-state index in [-0.39, 0.29) is 0 Å². The topological polar surface area (TPSA) is 24.5 Å². The van der Waals surface area contributed by atoms with Crippen LogP contribution in [0, 0.1) is 0 Å². The number of rotatable bonds is 8. The number of benzene rings is 1. The molecule has 0 spiro atoms. The quantitative estimate of drug-likeness (QED) is 0.748. The van der Waals surface area contributed by atoms with Crippen molar-refractivity contribution in [1.29, 1.82) is 0 Å². The monoisotopic (exact) mass is 236 g/mol. The van der Waals surface area contributed by atoms with Crippen molar-refractivity contribution in [2.24, 2.45) is 0 Å². The molecule has 3 nitrogen and oxygen atoms in total. The fourth-order valence-corrected chi connectivity index (χ4v) is 1.81. The SMILES string of the molecule is CCN(CC)CCOc1ccccc1CNC. The Morgan fingerprint density at radius 3 is 2.53 bits per heavy atom. The Bertz CT molecular complexity index is 311. The molecule has 0 unspecified atom stereocenters. The Balaban J connectivity index is 2.45. The van der Waals surface area contributed by atoms with Crippen LogP contribution in [0.25, 0.3) is 0 Å². The summed E-state index contributed by atoms with van der Waals surface area (Å²) in [4.78, 5) is 2.36. The molecule has 0 aliphatic carbocycles. The maximum Gasteiger partial charge on any atom is 0.123 e. The molecule has 0 bridgehead atoms. The highest BCUT2D eigenvalue weighted by Gasteiger charge is 2.03. The maximum atomic E-state index is 5.84. The number of hydrogen-bond acceptors (Lipinski definition) is 3. The summed E-state index contributed by atoms with van der Waals surface area (Å²) in [5, 5.41) is 3.16. The fourth-order valence-electron chi connectivity index (χ4n) is 1.81. The van der Waals surface area contributed by atoms with E-state index >= 15 is 0 Å². The van der Waals surface area contributed by atoms with E-state index in [9.17, 15) is 0 Å². The maximum absolute atomic E-state index is 5.84. The zero-order chi connectivity index (χ0) is 12.5. The van der Waals surface area contributed by atoms with Gasteiger partial charge in [0.25, 0.3) is 0 Å². The standard InChI is InChI=1S/C14H24N2O/c1-4-16(5-2)10-11-17-14-9-7-6-8-13(14)12-15-3/h6-9,15H,4-5,10-12H2,1-3H3. The van der Waals surface area contributed by atoms with Crippen LogP contribution < -0.4 is 10.1 Å². The molecule has 0 fully saturated rings. The first-order valence-electron chi connectivity index (χ1n) is 6.39. The summed E-state index contributed by atoms with van der Waals surface area (Å²) in [6.45, 7) is 9.11.